The van der Waals surface area contributed by atoms with Crippen LogP contribution >= 0.6 is 0 Å². The maximum absolute atomic E-state index is 11.4. The van der Waals surface area contributed by atoms with Gasteiger partial charge in [-0.25, -0.2) is 0 Å². The van der Waals surface area contributed by atoms with Gasteiger partial charge in [0.25, 0.3) is 5.91 Å². The van der Waals surface area contributed by atoms with Crippen LogP contribution < -0.4 is 5.73 Å². The molecule has 0 saturated heterocycles. The van der Waals surface area contributed by atoms with Gasteiger partial charge in [-0.15, -0.1) is 0 Å². The molecular formula is C21H18N4O. The summed E-state index contributed by atoms with van der Waals surface area (Å²) in [6.45, 7) is 2.60. The molecule has 0 aliphatic heterocycles. The highest BCUT2D eigenvalue weighted by atomic mass is 16.1. The lowest BCUT2D eigenvalue weighted by Gasteiger charge is -2.02. The van der Waals surface area contributed by atoms with Gasteiger partial charge in [-0.05, 0) is 18.6 Å². The summed E-state index contributed by atoms with van der Waals surface area (Å²) in [5.74, 6) is -0.752. The van der Waals surface area contributed by atoms with Crippen molar-refractivity contribution < 1.29 is 4.79 Å². The molecule has 1 heterocycles. The number of benzene rings is 2. The molecule has 1 amide bonds. The average Bonchev–Trinajstić information content (AvgIpc) is 3.03. The van der Waals surface area contributed by atoms with Crippen molar-refractivity contribution in [2.45, 2.75) is 13.5 Å². The van der Waals surface area contributed by atoms with Crippen molar-refractivity contribution in [2.24, 2.45) is 5.73 Å². The van der Waals surface area contributed by atoms with E-state index in [9.17, 15) is 4.79 Å². The lowest BCUT2D eigenvalue weighted by atomic mass is 10.0. The molecule has 0 atom stereocenters. The smallest absolute Gasteiger partial charge is 0.259 e. The molecule has 3 aromatic rings. The third-order valence-corrected chi connectivity index (χ3v) is 3.99. The molecule has 0 saturated carbocycles. The summed E-state index contributed by atoms with van der Waals surface area (Å²) in [6.07, 6.45) is 3.31. The van der Waals surface area contributed by atoms with E-state index in [4.69, 9.17) is 11.0 Å². The van der Waals surface area contributed by atoms with Gasteiger partial charge in [0.05, 0.1) is 12.2 Å². The van der Waals surface area contributed by atoms with Gasteiger partial charge in [0.2, 0.25) is 0 Å². The van der Waals surface area contributed by atoms with Crippen LogP contribution in [0.1, 0.15) is 16.7 Å². The van der Waals surface area contributed by atoms with Crippen LogP contribution in [0.2, 0.25) is 0 Å². The number of carbonyl (C=O) groups excluding carboxylic acids is 1. The molecule has 0 radical (unpaired) electrons. The van der Waals surface area contributed by atoms with Crippen molar-refractivity contribution in [3.05, 3.63) is 83.1 Å². The van der Waals surface area contributed by atoms with E-state index >= 15 is 0 Å². The Labute approximate surface area is 152 Å². The zero-order valence-electron chi connectivity index (χ0n) is 14.4. The third kappa shape index (κ3) is 3.87. The van der Waals surface area contributed by atoms with Crippen LogP contribution in [0.4, 0.5) is 0 Å². The molecule has 26 heavy (non-hydrogen) atoms. The Morgan fingerprint density at radius 3 is 2.50 bits per heavy atom. The standard InChI is InChI=1S/C21H18N4O/c1-15-7-9-17(10-8-15)20-19(11-18(12-22)21(23)26)14-25(24-20)13-16-5-3-2-4-6-16/h2-11,14H,13H2,1H3,(H2,23,26)/b18-11+. The molecule has 0 aliphatic rings. The van der Waals surface area contributed by atoms with Crippen molar-refractivity contribution in [3.63, 3.8) is 0 Å². The summed E-state index contributed by atoms with van der Waals surface area (Å²) in [7, 11) is 0. The zero-order valence-corrected chi connectivity index (χ0v) is 14.4. The van der Waals surface area contributed by atoms with Crippen LogP contribution in [0, 0.1) is 18.3 Å². The molecule has 0 bridgehead atoms. The summed E-state index contributed by atoms with van der Waals surface area (Å²) >= 11 is 0. The number of hydrogen-bond acceptors (Lipinski definition) is 3. The number of aromatic nitrogens is 2. The normalized spacial score (nSPS) is 11.2. The van der Waals surface area contributed by atoms with E-state index < -0.39 is 5.91 Å². The number of aryl methyl sites for hydroxylation is 1. The summed E-state index contributed by atoms with van der Waals surface area (Å²) in [5.41, 5.74) is 9.73. The molecule has 0 spiro atoms. The van der Waals surface area contributed by atoms with Crippen molar-refractivity contribution in [2.75, 3.05) is 0 Å². The number of primary amides is 1. The zero-order chi connectivity index (χ0) is 18.5. The number of nitrogens with two attached hydrogens (primary N) is 1. The predicted molar refractivity (Wildman–Crippen MR) is 101 cm³/mol. The summed E-state index contributed by atoms with van der Waals surface area (Å²) in [6, 6.07) is 19.7. The van der Waals surface area contributed by atoms with Crippen molar-refractivity contribution in [1.29, 1.82) is 5.26 Å². The second-order valence-electron chi connectivity index (χ2n) is 6.02. The molecule has 5 heteroatoms. The largest absolute Gasteiger partial charge is 0.365 e. The Kier molecular flexibility index (Phi) is 4.95. The molecule has 0 aliphatic carbocycles. The number of nitrogens with zero attached hydrogens (tertiary/aromatic N) is 3. The highest BCUT2D eigenvalue weighted by Gasteiger charge is 2.13. The minimum absolute atomic E-state index is 0.0994. The highest BCUT2D eigenvalue weighted by molar-refractivity contribution is 6.01. The van der Waals surface area contributed by atoms with Gasteiger partial charge in [-0.1, -0.05) is 60.2 Å². The topological polar surface area (TPSA) is 84.7 Å². The number of rotatable bonds is 5. The Morgan fingerprint density at radius 2 is 1.88 bits per heavy atom. The summed E-state index contributed by atoms with van der Waals surface area (Å²) in [4.78, 5) is 11.4. The van der Waals surface area contributed by atoms with Gasteiger partial charge < -0.3 is 5.73 Å². The van der Waals surface area contributed by atoms with Crippen LogP contribution in [0.25, 0.3) is 17.3 Å². The number of amides is 1. The van der Waals surface area contributed by atoms with Crippen LogP contribution in [0.5, 0.6) is 0 Å². The number of carbonyl (C=O) groups is 1. The van der Waals surface area contributed by atoms with E-state index in [1.807, 2.05) is 73.8 Å². The molecule has 3 rings (SSSR count). The maximum atomic E-state index is 11.4. The Morgan fingerprint density at radius 1 is 1.19 bits per heavy atom. The molecule has 5 nitrogen and oxygen atoms in total. The second-order valence-corrected chi connectivity index (χ2v) is 6.02. The fourth-order valence-electron chi connectivity index (χ4n) is 2.64. The number of nitriles is 1. The lowest BCUT2D eigenvalue weighted by Crippen LogP contribution is -2.12. The lowest BCUT2D eigenvalue weighted by molar-refractivity contribution is -0.114. The molecular weight excluding hydrogens is 324 g/mol. The van der Waals surface area contributed by atoms with Gasteiger partial charge in [-0.2, -0.15) is 10.4 Å². The van der Waals surface area contributed by atoms with Gasteiger partial charge in [0.1, 0.15) is 11.6 Å². The SMILES string of the molecule is Cc1ccc(-c2nn(Cc3ccccc3)cc2/C=C(\C#N)C(N)=O)cc1. The van der Waals surface area contributed by atoms with Crippen LogP contribution in [-0.2, 0) is 11.3 Å². The summed E-state index contributed by atoms with van der Waals surface area (Å²) in [5, 5.41) is 13.8. The first-order chi connectivity index (χ1) is 12.6. The van der Waals surface area contributed by atoms with Gasteiger partial charge in [0.15, 0.2) is 0 Å². The van der Waals surface area contributed by atoms with Crippen molar-refractivity contribution in [1.82, 2.24) is 9.78 Å². The van der Waals surface area contributed by atoms with Crippen LogP contribution in [0.3, 0.4) is 0 Å². The quantitative estimate of drug-likeness (QED) is 0.570. The van der Waals surface area contributed by atoms with Gasteiger partial charge >= 0.3 is 0 Å². The van der Waals surface area contributed by atoms with Crippen molar-refractivity contribution in [3.8, 4) is 17.3 Å². The minimum atomic E-state index is -0.752. The van der Waals surface area contributed by atoms with E-state index in [1.165, 1.54) is 6.08 Å². The minimum Gasteiger partial charge on any atom is -0.365 e. The first kappa shape index (κ1) is 17.2. The van der Waals surface area contributed by atoms with E-state index in [1.54, 1.807) is 4.68 Å². The van der Waals surface area contributed by atoms with E-state index in [2.05, 4.69) is 5.10 Å². The highest BCUT2D eigenvalue weighted by Crippen LogP contribution is 2.25. The van der Waals surface area contributed by atoms with E-state index in [0.717, 1.165) is 16.7 Å². The maximum Gasteiger partial charge on any atom is 0.259 e. The predicted octanol–water partition coefficient (Wildman–Crippen LogP) is 3.30. The number of hydrogen-bond donors (Lipinski definition) is 1. The summed E-state index contributed by atoms with van der Waals surface area (Å²) < 4.78 is 1.80. The molecule has 0 unspecified atom stereocenters. The monoisotopic (exact) mass is 342 g/mol. The molecule has 2 aromatic carbocycles. The van der Waals surface area contributed by atoms with Gasteiger partial charge in [-0.3, -0.25) is 9.48 Å². The van der Waals surface area contributed by atoms with Crippen LogP contribution in [-0.4, -0.2) is 15.7 Å². The Hall–Kier alpha value is -3.65. The fourth-order valence-corrected chi connectivity index (χ4v) is 2.64. The molecule has 2 N–H and O–H groups in total. The first-order valence-electron chi connectivity index (χ1n) is 8.17. The van der Waals surface area contributed by atoms with E-state index in [0.29, 0.717) is 17.8 Å². The molecule has 0 fully saturated rings. The van der Waals surface area contributed by atoms with Gasteiger partial charge in [0, 0.05) is 17.3 Å². The van der Waals surface area contributed by atoms with Crippen LogP contribution in [0.15, 0.2) is 66.4 Å². The molecule has 1 aromatic heterocycles. The van der Waals surface area contributed by atoms with Crippen molar-refractivity contribution >= 4 is 12.0 Å². The Bertz CT molecular complexity index is 993. The third-order valence-electron chi connectivity index (χ3n) is 3.99. The second kappa shape index (κ2) is 7.49. The first-order valence-corrected chi connectivity index (χ1v) is 8.17. The van der Waals surface area contributed by atoms with E-state index in [-0.39, 0.29) is 5.57 Å². The fraction of sp³-hybridized carbons (Fsp3) is 0.0952. The molecule has 128 valence electrons. The Balaban J connectivity index is 2.07. The average molecular weight is 342 g/mol.